The molecule has 2 atom stereocenters. The molecule has 0 radical (unpaired) electrons. The van der Waals surface area contributed by atoms with Crippen LogP contribution in [0.4, 0.5) is 4.79 Å². The molecule has 28 heavy (non-hydrogen) atoms. The Labute approximate surface area is 165 Å². The zero-order valence-electron chi connectivity index (χ0n) is 16.8. The third kappa shape index (κ3) is 5.95. The molecule has 0 aliphatic heterocycles. The predicted octanol–water partition coefficient (Wildman–Crippen LogP) is 1.80. The van der Waals surface area contributed by atoms with Gasteiger partial charge in [0.25, 0.3) is 0 Å². The molecule has 2 unspecified atom stereocenters. The molecule has 0 heterocycles. The van der Waals surface area contributed by atoms with E-state index in [4.69, 9.17) is 4.74 Å². The lowest BCUT2D eigenvalue weighted by Gasteiger charge is -2.36. The van der Waals surface area contributed by atoms with Crippen LogP contribution < -0.4 is 10.6 Å². The van der Waals surface area contributed by atoms with Gasteiger partial charge < -0.3 is 25.6 Å². The highest BCUT2D eigenvalue weighted by atomic mass is 16.5. The number of aryl methyl sites for hydroxylation is 1. The van der Waals surface area contributed by atoms with Crippen molar-refractivity contribution in [2.75, 3.05) is 19.8 Å². The molecule has 0 fully saturated rings. The Morgan fingerprint density at radius 2 is 1.79 bits per heavy atom. The van der Waals surface area contributed by atoms with E-state index in [9.17, 15) is 24.6 Å². The Balaban J connectivity index is 3.44. The summed E-state index contributed by atoms with van der Waals surface area (Å²) < 4.78 is 5.12. The second-order valence-electron chi connectivity index (χ2n) is 7.07. The Kier molecular flexibility index (Phi) is 8.91. The van der Waals surface area contributed by atoms with Crippen LogP contribution in [0.25, 0.3) is 0 Å². The SMILES string of the molecule is CCOC(=O)C(c1ccc(C)cc1)C(CCO)(NC(=O)NCC(C)C)C(=O)O. The number of carbonyl (C=O) groups excluding carboxylic acids is 2. The van der Waals surface area contributed by atoms with E-state index in [1.807, 2.05) is 20.8 Å². The zero-order chi connectivity index (χ0) is 21.3. The smallest absolute Gasteiger partial charge is 0.330 e. The van der Waals surface area contributed by atoms with Crippen LogP contribution in [0.2, 0.25) is 0 Å². The Morgan fingerprint density at radius 1 is 1.18 bits per heavy atom. The van der Waals surface area contributed by atoms with E-state index in [1.54, 1.807) is 31.2 Å². The van der Waals surface area contributed by atoms with Crippen molar-refractivity contribution in [3.05, 3.63) is 35.4 Å². The van der Waals surface area contributed by atoms with Crippen LogP contribution in [0.5, 0.6) is 0 Å². The van der Waals surface area contributed by atoms with Crippen LogP contribution >= 0.6 is 0 Å². The quantitative estimate of drug-likeness (QED) is 0.449. The zero-order valence-corrected chi connectivity index (χ0v) is 16.8. The fourth-order valence-corrected chi connectivity index (χ4v) is 2.89. The molecule has 1 rings (SSSR count). The third-order valence-electron chi connectivity index (χ3n) is 4.32. The molecule has 2 amide bonds. The number of carboxylic acid groups (broad SMARTS) is 1. The fourth-order valence-electron chi connectivity index (χ4n) is 2.89. The molecular weight excluding hydrogens is 364 g/mol. The van der Waals surface area contributed by atoms with Crippen molar-refractivity contribution in [3.8, 4) is 0 Å². The summed E-state index contributed by atoms with van der Waals surface area (Å²) in [5, 5.41) is 24.6. The number of hydrogen-bond donors (Lipinski definition) is 4. The summed E-state index contributed by atoms with van der Waals surface area (Å²) in [7, 11) is 0. The normalized spacial score (nSPS) is 14.1. The van der Waals surface area contributed by atoms with Gasteiger partial charge in [0.1, 0.15) is 5.92 Å². The van der Waals surface area contributed by atoms with Crippen molar-refractivity contribution in [1.82, 2.24) is 10.6 Å². The van der Waals surface area contributed by atoms with Gasteiger partial charge in [-0.2, -0.15) is 0 Å². The van der Waals surface area contributed by atoms with Crippen molar-refractivity contribution in [2.24, 2.45) is 5.92 Å². The maximum Gasteiger partial charge on any atom is 0.330 e. The summed E-state index contributed by atoms with van der Waals surface area (Å²) in [6.07, 6.45) is -0.366. The minimum Gasteiger partial charge on any atom is -0.479 e. The Hall–Kier alpha value is -2.61. The number of carbonyl (C=O) groups is 3. The van der Waals surface area contributed by atoms with Crippen molar-refractivity contribution in [1.29, 1.82) is 0 Å². The first kappa shape index (κ1) is 23.4. The average Bonchev–Trinajstić information content (AvgIpc) is 2.62. The lowest BCUT2D eigenvalue weighted by atomic mass is 9.76. The van der Waals surface area contributed by atoms with Gasteiger partial charge in [0.05, 0.1) is 6.61 Å². The van der Waals surface area contributed by atoms with Gasteiger partial charge in [-0.05, 0) is 25.3 Å². The molecule has 0 saturated heterocycles. The van der Waals surface area contributed by atoms with Gasteiger partial charge in [-0.15, -0.1) is 0 Å². The molecule has 1 aromatic carbocycles. The summed E-state index contributed by atoms with van der Waals surface area (Å²) in [5.41, 5.74) is -0.765. The van der Waals surface area contributed by atoms with Gasteiger partial charge in [0, 0.05) is 19.6 Å². The van der Waals surface area contributed by atoms with Gasteiger partial charge in [0.2, 0.25) is 0 Å². The van der Waals surface area contributed by atoms with Crippen LogP contribution in [0, 0.1) is 12.8 Å². The number of urea groups is 1. The molecule has 0 aromatic heterocycles. The molecule has 0 spiro atoms. The van der Waals surface area contributed by atoms with E-state index in [0.717, 1.165) is 5.56 Å². The minimum absolute atomic E-state index is 0.0512. The molecule has 8 heteroatoms. The number of aliphatic carboxylic acids is 1. The maximum atomic E-state index is 12.8. The number of ether oxygens (including phenoxy) is 1. The highest BCUT2D eigenvalue weighted by Crippen LogP contribution is 2.33. The molecule has 0 bridgehead atoms. The minimum atomic E-state index is -2.07. The molecule has 0 saturated carbocycles. The third-order valence-corrected chi connectivity index (χ3v) is 4.32. The molecule has 4 N–H and O–H groups in total. The number of hydrogen-bond acceptors (Lipinski definition) is 5. The number of esters is 1. The van der Waals surface area contributed by atoms with E-state index in [2.05, 4.69) is 10.6 Å². The lowest BCUT2D eigenvalue weighted by Crippen LogP contribution is -2.63. The van der Waals surface area contributed by atoms with Gasteiger partial charge >= 0.3 is 18.0 Å². The second-order valence-corrected chi connectivity index (χ2v) is 7.07. The van der Waals surface area contributed by atoms with Gasteiger partial charge in [-0.1, -0.05) is 43.7 Å². The molecule has 0 aliphatic carbocycles. The lowest BCUT2D eigenvalue weighted by molar-refractivity contribution is -0.157. The van der Waals surface area contributed by atoms with Crippen LogP contribution in [-0.2, 0) is 14.3 Å². The first-order valence-corrected chi connectivity index (χ1v) is 9.31. The summed E-state index contributed by atoms with van der Waals surface area (Å²) >= 11 is 0. The second kappa shape index (κ2) is 10.7. The summed E-state index contributed by atoms with van der Waals surface area (Å²) in [6, 6.07) is 6.00. The number of aliphatic hydroxyl groups is 1. The van der Waals surface area contributed by atoms with Gasteiger partial charge in [0.15, 0.2) is 5.54 Å². The number of aliphatic hydroxyl groups excluding tert-OH is 1. The number of rotatable bonds is 10. The van der Waals surface area contributed by atoms with Crippen LogP contribution in [0.1, 0.15) is 44.2 Å². The van der Waals surface area contributed by atoms with Crippen molar-refractivity contribution >= 4 is 18.0 Å². The van der Waals surface area contributed by atoms with E-state index < -0.39 is 36.0 Å². The molecule has 0 aliphatic rings. The number of carboxylic acids is 1. The molecule has 8 nitrogen and oxygen atoms in total. The van der Waals surface area contributed by atoms with E-state index >= 15 is 0 Å². The van der Waals surface area contributed by atoms with E-state index in [-0.39, 0.29) is 18.9 Å². The maximum absolute atomic E-state index is 12.8. The van der Waals surface area contributed by atoms with Gasteiger partial charge in [-0.25, -0.2) is 9.59 Å². The predicted molar refractivity (Wildman–Crippen MR) is 104 cm³/mol. The van der Waals surface area contributed by atoms with Crippen LogP contribution in [-0.4, -0.2) is 53.5 Å². The summed E-state index contributed by atoms with van der Waals surface area (Å²) in [5.74, 6) is -3.39. The first-order valence-electron chi connectivity index (χ1n) is 9.31. The molecular formula is C20H30N2O6. The average molecular weight is 394 g/mol. The first-order chi connectivity index (χ1) is 13.2. The largest absolute Gasteiger partial charge is 0.479 e. The Morgan fingerprint density at radius 3 is 2.25 bits per heavy atom. The van der Waals surface area contributed by atoms with Crippen molar-refractivity contribution < 1.29 is 29.3 Å². The Bertz CT molecular complexity index is 674. The van der Waals surface area contributed by atoms with Crippen molar-refractivity contribution in [2.45, 2.75) is 45.6 Å². The summed E-state index contributed by atoms with van der Waals surface area (Å²) in [4.78, 5) is 37.5. The standard InChI is InChI=1S/C20H30N2O6/c1-5-28-17(24)16(15-8-6-14(4)7-9-15)20(10-11-23,18(25)26)22-19(27)21-12-13(2)3/h6-9,13,16,23H,5,10-12H2,1-4H3,(H,25,26)(H2,21,22,27). The van der Waals surface area contributed by atoms with Crippen molar-refractivity contribution in [3.63, 3.8) is 0 Å². The number of benzene rings is 1. The van der Waals surface area contributed by atoms with E-state index in [1.165, 1.54) is 0 Å². The van der Waals surface area contributed by atoms with Crippen LogP contribution in [0.15, 0.2) is 24.3 Å². The van der Waals surface area contributed by atoms with Gasteiger partial charge in [-0.3, -0.25) is 4.79 Å². The number of amides is 2. The highest BCUT2D eigenvalue weighted by molar-refractivity contribution is 5.95. The monoisotopic (exact) mass is 394 g/mol. The topological polar surface area (TPSA) is 125 Å². The molecule has 156 valence electrons. The van der Waals surface area contributed by atoms with Crippen LogP contribution in [0.3, 0.4) is 0 Å². The molecule has 1 aromatic rings. The fraction of sp³-hybridized carbons (Fsp3) is 0.550. The number of nitrogens with one attached hydrogen (secondary N) is 2. The highest BCUT2D eigenvalue weighted by Gasteiger charge is 2.52. The summed E-state index contributed by atoms with van der Waals surface area (Å²) in [6.45, 7) is 7.10. The van der Waals surface area contributed by atoms with E-state index in [0.29, 0.717) is 12.1 Å².